The molecule has 5 atom stereocenters. The molecule has 16 nitrogen and oxygen atoms in total. The van der Waals surface area contributed by atoms with Gasteiger partial charge in [0.25, 0.3) is 0 Å². The first-order valence-corrected chi connectivity index (χ1v) is 45.1. The Bertz CT molecular complexity index is 2530. The van der Waals surface area contributed by atoms with Crippen LogP contribution in [0.3, 0.4) is 0 Å². The van der Waals surface area contributed by atoms with Crippen LogP contribution >= 0.6 is 15.6 Å². The number of hydrogen-bond donors (Lipinski definition) is 4. The number of ether oxygens (including phenoxy) is 3. The van der Waals surface area contributed by atoms with E-state index in [-0.39, 0.29) is 19.3 Å². The van der Waals surface area contributed by atoms with E-state index in [9.17, 15) is 43.5 Å². The molecule has 0 aliphatic heterocycles. The molecule has 0 fully saturated rings. The number of aliphatic hydroxyl groups is 2. The Balaban J connectivity index is 4.41. The van der Waals surface area contributed by atoms with E-state index in [1.54, 1.807) is 0 Å². The van der Waals surface area contributed by atoms with E-state index < -0.39 is 91.5 Å². The summed E-state index contributed by atoms with van der Waals surface area (Å²) < 4.78 is 61.2. The summed E-state index contributed by atoms with van der Waals surface area (Å²) in [5.74, 6) is -1.59. The number of aliphatic hydroxyl groups excluding tert-OH is 2. The van der Waals surface area contributed by atoms with E-state index in [0.717, 1.165) is 161 Å². The van der Waals surface area contributed by atoms with Gasteiger partial charge in [0.15, 0.2) is 6.10 Å². The number of phosphoric ester groups is 2. The maximum Gasteiger partial charge on any atom is 0.472 e. The smallest absolute Gasteiger partial charge is 0.463 e. The van der Waals surface area contributed by atoms with Crippen molar-refractivity contribution >= 4 is 33.6 Å². The lowest BCUT2D eigenvalue weighted by Crippen LogP contribution is -2.30. The van der Waals surface area contributed by atoms with Gasteiger partial charge in [0.05, 0.1) is 26.4 Å². The molecule has 0 aromatic rings. The molecule has 5 unspecified atom stereocenters. The SMILES string of the molecule is CC/C=C\C/C=C\C/C=C\C/C=C\C/C=C\C/C=C\CCCCCCCCCCCCC(=O)OCC(COP(=O)(O)OCC(O)COP(=O)(O)OCC(O)COC(=O)CCCCCCCCCCCCCCCCC/C=C\C/C=C\C/C=C\C/C=C\C/C=C\CC)OC(=O)CCCCCCC/C=C\CCCC. The largest absolute Gasteiger partial charge is 0.472 e. The van der Waals surface area contributed by atoms with Gasteiger partial charge in [-0.1, -0.05) is 334 Å². The van der Waals surface area contributed by atoms with Crippen molar-refractivity contribution in [3.63, 3.8) is 0 Å². The van der Waals surface area contributed by atoms with Crippen LogP contribution < -0.4 is 0 Å². The van der Waals surface area contributed by atoms with Crippen molar-refractivity contribution in [2.24, 2.45) is 0 Å². The lowest BCUT2D eigenvalue weighted by atomic mass is 10.0. The monoisotopic (exact) mass is 1540 g/mol. The molecule has 0 bridgehead atoms. The molecular weight excluding hydrogens is 1390 g/mol. The van der Waals surface area contributed by atoms with E-state index in [4.69, 9.17) is 32.3 Å². The Morgan fingerprint density at radius 2 is 0.495 bits per heavy atom. The predicted octanol–water partition coefficient (Wildman–Crippen LogP) is 25.2. The molecule has 0 radical (unpaired) electrons. The van der Waals surface area contributed by atoms with E-state index in [1.807, 2.05) is 0 Å². The Morgan fingerprint density at radius 3 is 0.794 bits per heavy atom. The van der Waals surface area contributed by atoms with Crippen LogP contribution in [0.1, 0.15) is 342 Å². The number of carbonyl (C=O) groups is 3. The maximum atomic E-state index is 12.9. The zero-order valence-electron chi connectivity index (χ0n) is 67.3. The van der Waals surface area contributed by atoms with Crippen molar-refractivity contribution in [1.82, 2.24) is 0 Å². The van der Waals surface area contributed by atoms with Crippen molar-refractivity contribution in [1.29, 1.82) is 0 Å². The highest BCUT2D eigenvalue weighted by Gasteiger charge is 2.29. The molecule has 0 rings (SSSR count). The van der Waals surface area contributed by atoms with Crippen LogP contribution in [-0.2, 0) is 55.8 Å². The fraction of sp³-hybridized carbons (Fsp3) is 0.697. The number of carbonyl (C=O) groups excluding carboxylic acids is 3. The quantitative estimate of drug-likeness (QED) is 0.0146. The van der Waals surface area contributed by atoms with Gasteiger partial charge in [-0.25, -0.2) is 9.13 Å². The summed E-state index contributed by atoms with van der Waals surface area (Å²) >= 11 is 0. The second-order valence-corrected chi connectivity index (χ2v) is 30.8. The topological polar surface area (TPSA) is 231 Å². The van der Waals surface area contributed by atoms with Crippen LogP contribution in [0.5, 0.6) is 0 Å². The number of allylic oxidation sites excluding steroid dienone is 24. The van der Waals surface area contributed by atoms with E-state index in [2.05, 4.69) is 167 Å². The molecule has 0 aromatic heterocycles. The van der Waals surface area contributed by atoms with Gasteiger partial charge in [-0.2, -0.15) is 0 Å². The lowest BCUT2D eigenvalue weighted by Gasteiger charge is -2.21. The van der Waals surface area contributed by atoms with E-state index in [0.29, 0.717) is 19.3 Å². The molecule has 107 heavy (non-hydrogen) atoms. The van der Waals surface area contributed by atoms with Crippen molar-refractivity contribution in [3.05, 3.63) is 146 Å². The highest BCUT2D eigenvalue weighted by atomic mass is 31.2. The van der Waals surface area contributed by atoms with Gasteiger partial charge in [0.2, 0.25) is 0 Å². The Labute approximate surface area is 651 Å². The first kappa shape index (κ1) is 102. The summed E-state index contributed by atoms with van der Waals surface area (Å²) in [6, 6.07) is 0. The number of rotatable bonds is 79. The summed E-state index contributed by atoms with van der Waals surface area (Å²) in [5.41, 5.74) is 0. The Hall–Kier alpha value is -4.57. The number of esters is 3. The minimum Gasteiger partial charge on any atom is -0.463 e. The first-order chi connectivity index (χ1) is 52.2. The number of unbranched alkanes of at least 4 members (excludes halogenated alkanes) is 32. The van der Waals surface area contributed by atoms with Crippen LogP contribution in [0.2, 0.25) is 0 Å². The summed E-state index contributed by atoms with van der Waals surface area (Å²) in [4.78, 5) is 58.6. The molecule has 0 spiro atoms. The summed E-state index contributed by atoms with van der Waals surface area (Å²) in [7, 11) is -9.79. The molecule has 0 aliphatic carbocycles. The van der Waals surface area contributed by atoms with Gasteiger partial charge < -0.3 is 34.2 Å². The predicted molar refractivity (Wildman–Crippen MR) is 445 cm³/mol. The normalized spacial score (nSPS) is 14.6. The fourth-order valence-electron chi connectivity index (χ4n) is 11.2. The zero-order chi connectivity index (χ0) is 78.0. The molecule has 0 saturated carbocycles. The molecule has 0 amide bonds. The number of phosphoric acid groups is 2. The molecule has 0 heterocycles. The molecule has 4 N–H and O–H groups in total. The van der Waals surface area contributed by atoms with Crippen molar-refractivity contribution in [3.8, 4) is 0 Å². The summed E-state index contributed by atoms with van der Waals surface area (Å²) in [6.07, 6.45) is 101. The third-order valence-electron chi connectivity index (χ3n) is 17.5. The van der Waals surface area contributed by atoms with Gasteiger partial charge in [-0.15, -0.1) is 0 Å². The minimum absolute atomic E-state index is 0.0911. The van der Waals surface area contributed by atoms with Crippen molar-refractivity contribution in [2.75, 3.05) is 39.6 Å². The number of hydrogen-bond acceptors (Lipinski definition) is 14. The third-order valence-corrected chi connectivity index (χ3v) is 19.4. The van der Waals surface area contributed by atoms with Crippen LogP contribution in [0.15, 0.2) is 146 Å². The van der Waals surface area contributed by atoms with E-state index >= 15 is 0 Å². The van der Waals surface area contributed by atoms with Crippen LogP contribution in [0.25, 0.3) is 0 Å². The maximum absolute atomic E-state index is 12.9. The molecule has 0 aliphatic rings. The molecular formula is C89H152O16P2. The highest BCUT2D eigenvalue weighted by Crippen LogP contribution is 2.45. The average molecular weight is 1540 g/mol. The van der Waals surface area contributed by atoms with Gasteiger partial charge >= 0.3 is 33.6 Å². The van der Waals surface area contributed by atoms with Gasteiger partial charge in [0, 0.05) is 19.3 Å². The second kappa shape index (κ2) is 80.9. The average Bonchev–Trinajstić information content (AvgIpc) is 0.908. The molecule has 0 saturated heterocycles. The standard InChI is InChI=1S/C89H152O16P2/c1-4-7-10-13-16-19-22-24-26-28-30-32-34-36-38-40-41-43-45-46-48-50-52-54-56-58-61-63-66-69-72-75-87(92)99-78-84(90)79-101-106(95,96)102-80-85(91)81-103-107(97,98)104-83-86(105-89(94)77-74-71-68-65-60-21-18-15-12-9-6-3)82-100-88(93)76-73-70-67-64-62-59-57-55-53-51-49-47-44-42-39-37-35-33-31-29-27-25-23-20-17-14-11-8-5-2/h7-8,10-11,15-20,24-27,30-33,36-39,44,47,84-86,90-91H,4-6,9,12-14,21-23,28-29,34-35,40-43,45-46,48-83H2,1-3H3,(H,95,96)(H,97,98)/b10-7-,11-8-,18-15-,19-16-,20-17-,26-24-,27-25-,32-30-,33-31-,38-36-,39-37-,47-44-. The second-order valence-electron chi connectivity index (χ2n) is 27.9. The van der Waals surface area contributed by atoms with Crippen molar-refractivity contribution in [2.45, 2.75) is 360 Å². The van der Waals surface area contributed by atoms with Crippen LogP contribution in [0.4, 0.5) is 0 Å². The highest BCUT2D eigenvalue weighted by molar-refractivity contribution is 7.47. The fourth-order valence-corrected chi connectivity index (χ4v) is 12.8. The molecule has 614 valence electrons. The van der Waals surface area contributed by atoms with E-state index in [1.165, 1.54) is 122 Å². The van der Waals surface area contributed by atoms with Crippen molar-refractivity contribution < 1.29 is 75.8 Å². The first-order valence-electron chi connectivity index (χ1n) is 42.1. The lowest BCUT2D eigenvalue weighted by molar-refractivity contribution is -0.161. The van der Waals surface area contributed by atoms with Gasteiger partial charge in [0.1, 0.15) is 25.4 Å². The van der Waals surface area contributed by atoms with Crippen LogP contribution in [0, 0.1) is 0 Å². The van der Waals surface area contributed by atoms with Gasteiger partial charge in [-0.05, 0) is 135 Å². The van der Waals surface area contributed by atoms with Gasteiger partial charge in [-0.3, -0.25) is 32.5 Å². The molecule has 0 aromatic carbocycles. The summed E-state index contributed by atoms with van der Waals surface area (Å²) in [5, 5.41) is 20.6. The third kappa shape index (κ3) is 82.2. The Morgan fingerprint density at radius 1 is 0.271 bits per heavy atom. The minimum atomic E-state index is -4.93. The molecule has 18 heteroatoms. The zero-order valence-corrected chi connectivity index (χ0v) is 69.1. The Kier molecular flexibility index (Phi) is 77.5. The van der Waals surface area contributed by atoms with Crippen LogP contribution in [-0.4, -0.2) is 95.9 Å². The summed E-state index contributed by atoms with van der Waals surface area (Å²) in [6.45, 7) is 2.42.